The number of halogens is 1. The molecule has 4 rings (SSSR count). The first-order chi connectivity index (χ1) is 15.9. The van der Waals surface area contributed by atoms with Gasteiger partial charge in [0.15, 0.2) is 0 Å². The normalized spacial score (nSPS) is 15.1. The Balaban J connectivity index is 1.37. The fraction of sp³-hybridized carbons (Fsp3) is 0.375. The van der Waals surface area contributed by atoms with Gasteiger partial charge in [0.2, 0.25) is 10.0 Å². The molecule has 1 aliphatic rings. The summed E-state index contributed by atoms with van der Waals surface area (Å²) in [4.78, 5) is 0.320. The molecule has 1 fully saturated rings. The molecule has 0 unspecified atom stereocenters. The van der Waals surface area contributed by atoms with Crippen molar-refractivity contribution in [1.82, 2.24) is 19.4 Å². The number of rotatable bonds is 8. The van der Waals surface area contributed by atoms with Gasteiger partial charge >= 0.3 is 0 Å². The van der Waals surface area contributed by atoms with E-state index in [4.69, 9.17) is 21.4 Å². The summed E-state index contributed by atoms with van der Waals surface area (Å²) in [6.07, 6.45) is 0. The summed E-state index contributed by atoms with van der Waals surface area (Å²) in [5.41, 5.74) is 5.31. The van der Waals surface area contributed by atoms with Crippen LogP contribution in [0.2, 0.25) is 5.02 Å². The maximum Gasteiger partial charge on any atom is 0.243 e. The average Bonchev–Trinajstić information content (AvgIpc) is 3.09. The van der Waals surface area contributed by atoms with Crippen LogP contribution in [0.5, 0.6) is 0 Å². The Labute approximate surface area is 200 Å². The topological polar surface area (TPSA) is 76.5 Å². The van der Waals surface area contributed by atoms with Crippen molar-refractivity contribution in [2.75, 3.05) is 26.3 Å². The van der Waals surface area contributed by atoms with E-state index in [0.717, 1.165) is 33.1 Å². The van der Waals surface area contributed by atoms with Gasteiger partial charge in [-0.2, -0.15) is 9.40 Å². The van der Waals surface area contributed by atoms with Gasteiger partial charge in [-0.25, -0.2) is 8.42 Å². The van der Waals surface area contributed by atoms with Gasteiger partial charge in [0.25, 0.3) is 0 Å². The minimum atomic E-state index is -3.47. The summed E-state index contributed by atoms with van der Waals surface area (Å²) in [6, 6.07) is 14.9. The quantitative estimate of drug-likeness (QED) is 0.525. The summed E-state index contributed by atoms with van der Waals surface area (Å²) in [6.45, 7) is 7.69. The molecule has 7 nitrogen and oxygen atoms in total. The Morgan fingerprint density at radius 3 is 2.42 bits per heavy atom. The van der Waals surface area contributed by atoms with E-state index in [-0.39, 0.29) is 0 Å². The minimum absolute atomic E-state index is 0.320. The van der Waals surface area contributed by atoms with E-state index in [1.807, 2.05) is 48.0 Å². The Morgan fingerprint density at radius 2 is 1.73 bits per heavy atom. The molecule has 2 aromatic carbocycles. The lowest BCUT2D eigenvalue weighted by Crippen LogP contribution is -2.40. The first kappa shape index (κ1) is 23.9. The molecule has 0 atom stereocenters. The number of sulfonamides is 1. The van der Waals surface area contributed by atoms with Crippen molar-refractivity contribution in [1.29, 1.82) is 0 Å². The predicted molar refractivity (Wildman–Crippen MR) is 129 cm³/mol. The van der Waals surface area contributed by atoms with Crippen molar-refractivity contribution >= 4 is 21.6 Å². The van der Waals surface area contributed by atoms with E-state index in [1.54, 1.807) is 12.1 Å². The summed E-state index contributed by atoms with van der Waals surface area (Å²) < 4.78 is 34.3. The molecular weight excluding hydrogens is 460 g/mol. The second-order valence-corrected chi connectivity index (χ2v) is 10.5. The van der Waals surface area contributed by atoms with Gasteiger partial charge in [0, 0.05) is 42.5 Å². The lowest BCUT2D eigenvalue weighted by atomic mass is 10.1. The second-order valence-electron chi connectivity index (χ2n) is 8.16. The van der Waals surface area contributed by atoms with Crippen LogP contribution in [-0.4, -0.2) is 48.8 Å². The number of nitrogens with zero attached hydrogens (tertiary/aromatic N) is 3. The number of ether oxygens (including phenoxy) is 1. The van der Waals surface area contributed by atoms with Crippen LogP contribution < -0.4 is 5.32 Å². The largest absolute Gasteiger partial charge is 0.379 e. The highest BCUT2D eigenvalue weighted by Crippen LogP contribution is 2.20. The molecule has 3 aromatic rings. The molecule has 1 aliphatic heterocycles. The number of aromatic nitrogens is 2. The molecule has 0 amide bonds. The van der Waals surface area contributed by atoms with Gasteiger partial charge in [-0.15, -0.1) is 0 Å². The van der Waals surface area contributed by atoms with Gasteiger partial charge in [-0.1, -0.05) is 41.9 Å². The lowest BCUT2D eigenvalue weighted by Gasteiger charge is -2.26. The fourth-order valence-corrected chi connectivity index (χ4v) is 5.58. The Hall–Kier alpha value is -2.23. The molecule has 2 heterocycles. The van der Waals surface area contributed by atoms with E-state index in [9.17, 15) is 8.42 Å². The number of morpholine rings is 1. The van der Waals surface area contributed by atoms with Crippen molar-refractivity contribution in [3.05, 3.63) is 81.6 Å². The first-order valence-electron chi connectivity index (χ1n) is 11.0. The third kappa shape index (κ3) is 5.47. The molecule has 176 valence electrons. The summed E-state index contributed by atoms with van der Waals surface area (Å²) in [7, 11) is -3.47. The number of hydrogen-bond acceptors (Lipinski definition) is 5. The fourth-order valence-electron chi connectivity index (χ4n) is 3.98. The van der Waals surface area contributed by atoms with Crippen LogP contribution in [0.25, 0.3) is 0 Å². The SMILES string of the molecule is Cc1nn(Cc2ccccc2Cl)c(C)c1CNCc1ccc(S(=O)(=O)N2CCOCC2)cc1. The zero-order chi connectivity index (χ0) is 23.4. The van der Waals surface area contributed by atoms with Crippen molar-refractivity contribution < 1.29 is 13.2 Å². The van der Waals surface area contributed by atoms with Crippen molar-refractivity contribution in [2.45, 2.75) is 38.4 Å². The zero-order valence-corrected chi connectivity index (χ0v) is 20.5. The Kier molecular flexibility index (Phi) is 7.51. The van der Waals surface area contributed by atoms with Crippen LogP contribution >= 0.6 is 11.6 Å². The lowest BCUT2D eigenvalue weighted by molar-refractivity contribution is 0.0730. The van der Waals surface area contributed by atoms with Gasteiger partial charge < -0.3 is 10.1 Å². The van der Waals surface area contributed by atoms with Gasteiger partial charge in [-0.3, -0.25) is 4.68 Å². The molecule has 1 aromatic heterocycles. The number of hydrogen-bond donors (Lipinski definition) is 1. The van der Waals surface area contributed by atoms with Crippen molar-refractivity contribution in [3.63, 3.8) is 0 Å². The molecule has 9 heteroatoms. The van der Waals surface area contributed by atoms with Crippen LogP contribution in [0.3, 0.4) is 0 Å². The number of aryl methyl sites for hydroxylation is 1. The maximum atomic E-state index is 12.8. The first-order valence-corrected chi connectivity index (χ1v) is 12.8. The standard InChI is InChI=1S/C24H29ClN4O3S/c1-18-23(19(2)29(27-18)17-21-5-3-4-6-24(21)25)16-26-15-20-7-9-22(10-8-20)33(30,31)28-11-13-32-14-12-28/h3-10,26H,11-17H2,1-2H3. The van der Waals surface area contributed by atoms with Crippen LogP contribution in [0.1, 0.15) is 28.1 Å². The third-order valence-electron chi connectivity index (χ3n) is 5.97. The Morgan fingerprint density at radius 1 is 1.03 bits per heavy atom. The van der Waals surface area contributed by atoms with Crippen molar-refractivity contribution in [3.8, 4) is 0 Å². The molecule has 0 bridgehead atoms. The monoisotopic (exact) mass is 488 g/mol. The molecule has 0 spiro atoms. The van der Waals surface area contributed by atoms with E-state index < -0.39 is 10.0 Å². The van der Waals surface area contributed by atoms with Crippen LogP contribution in [0.15, 0.2) is 53.4 Å². The van der Waals surface area contributed by atoms with E-state index in [2.05, 4.69) is 12.2 Å². The number of nitrogens with one attached hydrogen (secondary N) is 1. The van der Waals surface area contributed by atoms with Gasteiger partial charge in [0.1, 0.15) is 0 Å². The molecule has 33 heavy (non-hydrogen) atoms. The number of benzene rings is 2. The van der Waals surface area contributed by atoms with Crippen LogP contribution in [-0.2, 0) is 34.4 Å². The smallest absolute Gasteiger partial charge is 0.243 e. The molecule has 0 aliphatic carbocycles. The van der Waals surface area contributed by atoms with E-state index in [1.165, 1.54) is 4.31 Å². The summed E-state index contributed by atoms with van der Waals surface area (Å²) in [5.74, 6) is 0. The second kappa shape index (κ2) is 10.4. The predicted octanol–water partition coefficient (Wildman–Crippen LogP) is 3.51. The highest BCUT2D eigenvalue weighted by molar-refractivity contribution is 7.89. The average molecular weight is 489 g/mol. The van der Waals surface area contributed by atoms with Crippen LogP contribution in [0.4, 0.5) is 0 Å². The van der Waals surface area contributed by atoms with E-state index in [0.29, 0.717) is 50.8 Å². The Bertz CT molecular complexity index is 1200. The van der Waals surface area contributed by atoms with Gasteiger partial charge in [-0.05, 0) is 43.2 Å². The summed E-state index contributed by atoms with van der Waals surface area (Å²) in [5, 5.41) is 8.89. The molecule has 0 saturated carbocycles. The highest BCUT2D eigenvalue weighted by Gasteiger charge is 2.26. The molecular formula is C24H29ClN4O3S. The molecule has 0 radical (unpaired) electrons. The van der Waals surface area contributed by atoms with Crippen molar-refractivity contribution in [2.24, 2.45) is 0 Å². The van der Waals surface area contributed by atoms with E-state index >= 15 is 0 Å². The molecule has 1 saturated heterocycles. The maximum absolute atomic E-state index is 12.8. The summed E-state index contributed by atoms with van der Waals surface area (Å²) >= 11 is 6.31. The highest BCUT2D eigenvalue weighted by atomic mass is 35.5. The minimum Gasteiger partial charge on any atom is -0.379 e. The molecule has 1 N–H and O–H groups in total. The van der Waals surface area contributed by atoms with Crippen LogP contribution in [0, 0.1) is 13.8 Å². The van der Waals surface area contributed by atoms with Gasteiger partial charge in [0.05, 0.1) is 30.3 Å². The zero-order valence-electron chi connectivity index (χ0n) is 18.9. The third-order valence-corrected chi connectivity index (χ3v) is 8.25.